The Labute approximate surface area is 103 Å². The minimum atomic E-state index is 0.719. The van der Waals surface area contributed by atoms with Crippen LogP contribution in [0.4, 0.5) is 5.69 Å². The molecular weight excluding hydrogens is 275 g/mol. The Hall–Kier alpha value is -0.540. The summed E-state index contributed by atoms with van der Waals surface area (Å²) in [4.78, 5) is 4.43. The van der Waals surface area contributed by atoms with Gasteiger partial charge >= 0.3 is 0 Å². The molecule has 2 nitrogen and oxygen atoms in total. The molecule has 1 aromatic rings. The maximum Gasteiger partial charge on any atom is 0.101 e. The summed E-state index contributed by atoms with van der Waals surface area (Å²) < 4.78 is 0.917. The lowest BCUT2D eigenvalue weighted by Gasteiger charge is -2.14. The highest BCUT2D eigenvalue weighted by Crippen LogP contribution is 2.25. The van der Waals surface area contributed by atoms with Gasteiger partial charge < -0.3 is 5.32 Å². The lowest BCUT2D eigenvalue weighted by molar-refractivity contribution is 0.737. The minimum Gasteiger partial charge on any atom is -0.344 e. The lowest BCUT2D eigenvalue weighted by atomic mass is 10.2. The molecule has 0 saturated carbocycles. The zero-order valence-corrected chi connectivity index (χ0v) is 10.6. The number of rotatable bonds is 1. The molecule has 1 heterocycles. The number of hydrogen-bond acceptors (Lipinski definition) is 2. The average Bonchev–Trinajstić information content (AvgIpc) is 2.25. The largest absolute Gasteiger partial charge is 0.344 e. The summed E-state index contributed by atoms with van der Waals surface area (Å²) in [5, 5.41) is 4.01. The molecule has 1 aromatic carbocycles. The van der Waals surface area contributed by atoms with Gasteiger partial charge in [0, 0.05) is 23.1 Å². The first kappa shape index (κ1) is 11.0. The Morgan fingerprint density at radius 3 is 2.87 bits per heavy atom. The van der Waals surface area contributed by atoms with E-state index in [-0.39, 0.29) is 0 Å². The van der Waals surface area contributed by atoms with Gasteiger partial charge in [0.15, 0.2) is 0 Å². The molecule has 1 aliphatic rings. The molecule has 0 fully saturated rings. The van der Waals surface area contributed by atoms with Gasteiger partial charge in [-0.3, -0.25) is 4.99 Å². The standard InChI is InChI=1S/C11H12BrClN2/c12-9-5-4-8(7-10(9)13)15-11-3-1-2-6-14-11/h4-5,7H,1-3,6H2,(H,14,15). The highest BCUT2D eigenvalue weighted by molar-refractivity contribution is 9.10. The van der Waals surface area contributed by atoms with Gasteiger partial charge in [-0.2, -0.15) is 0 Å². The van der Waals surface area contributed by atoms with E-state index in [1.807, 2.05) is 18.2 Å². The Bertz CT molecular complexity index is 390. The number of aliphatic imine (C=N–C) groups is 1. The number of nitrogens with one attached hydrogen (secondary N) is 1. The van der Waals surface area contributed by atoms with Gasteiger partial charge in [0.2, 0.25) is 0 Å². The summed E-state index contributed by atoms with van der Waals surface area (Å²) in [6.07, 6.45) is 3.45. The predicted molar refractivity (Wildman–Crippen MR) is 68.9 cm³/mol. The molecule has 0 atom stereocenters. The molecule has 2 rings (SSSR count). The third kappa shape index (κ3) is 2.95. The summed E-state index contributed by atoms with van der Waals surface area (Å²) in [6.45, 7) is 0.937. The topological polar surface area (TPSA) is 24.4 Å². The van der Waals surface area contributed by atoms with Crippen LogP contribution >= 0.6 is 27.5 Å². The molecule has 0 spiro atoms. The van der Waals surface area contributed by atoms with Crippen LogP contribution in [0.15, 0.2) is 27.7 Å². The number of amidine groups is 1. The van der Waals surface area contributed by atoms with E-state index in [4.69, 9.17) is 11.6 Å². The third-order valence-corrected chi connectivity index (χ3v) is 3.57. The highest BCUT2D eigenvalue weighted by Gasteiger charge is 2.06. The van der Waals surface area contributed by atoms with Crippen LogP contribution in [0.2, 0.25) is 5.02 Å². The van der Waals surface area contributed by atoms with Crippen LogP contribution in [-0.4, -0.2) is 12.4 Å². The van der Waals surface area contributed by atoms with Crippen molar-refractivity contribution in [2.24, 2.45) is 4.99 Å². The number of halogens is 2. The summed E-state index contributed by atoms with van der Waals surface area (Å²) in [6, 6.07) is 5.84. The monoisotopic (exact) mass is 286 g/mol. The predicted octanol–water partition coefficient (Wildman–Crippen LogP) is 4.10. The SMILES string of the molecule is Clc1cc(NC2=NCCCC2)ccc1Br. The molecule has 0 saturated heterocycles. The van der Waals surface area contributed by atoms with Crippen molar-refractivity contribution in [1.29, 1.82) is 0 Å². The van der Waals surface area contributed by atoms with E-state index in [1.54, 1.807) is 0 Å². The molecule has 1 N–H and O–H groups in total. The first-order valence-electron chi connectivity index (χ1n) is 5.01. The van der Waals surface area contributed by atoms with E-state index < -0.39 is 0 Å². The third-order valence-electron chi connectivity index (χ3n) is 2.33. The highest BCUT2D eigenvalue weighted by atomic mass is 79.9. The Morgan fingerprint density at radius 2 is 2.20 bits per heavy atom. The molecule has 0 radical (unpaired) electrons. The van der Waals surface area contributed by atoms with Crippen molar-refractivity contribution in [2.75, 3.05) is 11.9 Å². The summed E-state index contributed by atoms with van der Waals surface area (Å²) in [5.74, 6) is 1.07. The maximum absolute atomic E-state index is 6.00. The Balaban J connectivity index is 2.10. The first-order chi connectivity index (χ1) is 7.25. The molecular formula is C11H12BrClN2. The van der Waals surface area contributed by atoms with Gasteiger partial charge in [-0.05, 0) is 47.0 Å². The van der Waals surface area contributed by atoms with Crippen molar-refractivity contribution in [1.82, 2.24) is 0 Å². The van der Waals surface area contributed by atoms with Crippen LogP contribution < -0.4 is 5.32 Å². The minimum absolute atomic E-state index is 0.719. The molecule has 4 heteroatoms. The van der Waals surface area contributed by atoms with Crippen molar-refractivity contribution in [2.45, 2.75) is 19.3 Å². The van der Waals surface area contributed by atoms with Crippen LogP contribution in [0.3, 0.4) is 0 Å². The molecule has 80 valence electrons. The molecule has 0 amide bonds. The van der Waals surface area contributed by atoms with Gasteiger partial charge in [-0.15, -0.1) is 0 Å². The fraction of sp³-hybridized carbons (Fsp3) is 0.364. The quantitative estimate of drug-likeness (QED) is 0.826. The fourth-order valence-electron chi connectivity index (χ4n) is 1.54. The molecule has 0 aromatic heterocycles. The van der Waals surface area contributed by atoms with Crippen molar-refractivity contribution >= 4 is 39.1 Å². The smallest absolute Gasteiger partial charge is 0.101 e. The lowest BCUT2D eigenvalue weighted by Crippen LogP contribution is -2.15. The van der Waals surface area contributed by atoms with Crippen molar-refractivity contribution in [3.8, 4) is 0 Å². The van der Waals surface area contributed by atoms with Crippen LogP contribution in [0.5, 0.6) is 0 Å². The van der Waals surface area contributed by atoms with Crippen LogP contribution in [0.1, 0.15) is 19.3 Å². The van der Waals surface area contributed by atoms with Crippen molar-refractivity contribution in [3.05, 3.63) is 27.7 Å². The van der Waals surface area contributed by atoms with Gasteiger partial charge in [0.05, 0.1) is 5.02 Å². The fourth-order valence-corrected chi connectivity index (χ4v) is 1.97. The maximum atomic E-state index is 6.00. The van der Waals surface area contributed by atoms with Crippen LogP contribution in [-0.2, 0) is 0 Å². The normalized spacial score (nSPS) is 16.0. The van der Waals surface area contributed by atoms with E-state index >= 15 is 0 Å². The molecule has 1 aliphatic heterocycles. The summed E-state index contributed by atoms with van der Waals surface area (Å²) in [5.41, 5.74) is 1.00. The van der Waals surface area contributed by atoms with Gasteiger partial charge in [0.25, 0.3) is 0 Å². The van der Waals surface area contributed by atoms with Crippen LogP contribution in [0, 0.1) is 0 Å². The van der Waals surface area contributed by atoms with E-state index in [2.05, 4.69) is 26.2 Å². The summed E-state index contributed by atoms with van der Waals surface area (Å²) in [7, 11) is 0. The second-order valence-electron chi connectivity index (χ2n) is 3.54. The zero-order chi connectivity index (χ0) is 10.7. The first-order valence-corrected chi connectivity index (χ1v) is 6.18. The number of anilines is 1. The van der Waals surface area contributed by atoms with Crippen molar-refractivity contribution in [3.63, 3.8) is 0 Å². The molecule has 0 bridgehead atoms. The second-order valence-corrected chi connectivity index (χ2v) is 4.80. The van der Waals surface area contributed by atoms with Gasteiger partial charge in [-0.25, -0.2) is 0 Å². The number of benzene rings is 1. The molecule has 15 heavy (non-hydrogen) atoms. The number of nitrogens with zero attached hydrogens (tertiary/aromatic N) is 1. The van der Waals surface area contributed by atoms with E-state index in [1.165, 1.54) is 12.8 Å². The summed E-state index contributed by atoms with van der Waals surface area (Å²) >= 11 is 9.37. The number of hydrogen-bond donors (Lipinski definition) is 1. The second kappa shape index (κ2) is 4.99. The molecule has 0 unspecified atom stereocenters. The Kier molecular flexibility index (Phi) is 3.65. The van der Waals surface area contributed by atoms with Gasteiger partial charge in [0.1, 0.15) is 5.84 Å². The van der Waals surface area contributed by atoms with Crippen molar-refractivity contribution < 1.29 is 0 Å². The van der Waals surface area contributed by atoms with Crippen LogP contribution in [0.25, 0.3) is 0 Å². The zero-order valence-electron chi connectivity index (χ0n) is 8.26. The van der Waals surface area contributed by atoms with E-state index in [0.29, 0.717) is 0 Å². The average molecular weight is 288 g/mol. The van der Waals surface area contributed by atoms with E-state index in [9.17, 15) is 0 Å². The Morgan fingerprint density at radius 1 is 1.33 bits per heavy atom. The van der Waals surface area contributed by atoms with E-state index in [0.717, 1.165) is 34.0 Å². The van der Waals surface area contributed by atoms with Gasteiger partial charge in [-0.1, -0.05) is 11.6 Å². The molecule has 0 aliphatic carbocycles.